The Morgan fingerprint density at radius 1 is 1.14 bits per heavy atom. The first-order valence-corrected chi connectivity index (χ1v) is 11.5. The number of benzene rings is 2. The van der Waals surface area contributed by atoms with Crippen LogP contribution in [0.4, 0.5) is 5.69 Å². The van der Waals surface area contributed by atoms with E-state index >= 15 is 0 Å². The molecular weight excluding hydrogens is 454 g/mol. The first kappa shape index (κ1) is 24.4. The van der Waals surface area contributed by atoms with E-state index in [0.717, 1.165) is 13.1 Å². The van der Waals surface area contributed by atoms with Gasteiger partial charge in [-0.3, -0.25) is 24.6 Å². The molecule has 2 aromatic carbocycles. The molecule has 0 radical (unpaired) electrons. The highest BCUT2D eigenvalue weighted by Crippen LogP contribution is 2.40. The Bertz CT molecular complexity index is 1140. The van der Waals surface area contributed by atoms with Gasteiger partial charge in [0.2, 0.25) is 0 Å². The summed E-state index contributed by atoms with van der Waals surface area (Å²) in [5.74, 6) is -1.31. The largest absolute Gasteiger partial charge is 0.507 e. The van der Waals surface area contributed by atoms with Gasteiger partial charge in [0.1, 0.15) is 11.5 Å². The topological polar surface area (TPSA) is 122 Å². The molecule has 0 aromatic heterocycles. The van der Waals surface area contributed by atoms with Gasteiger partial charge in [-0.05, 0) is 36.8 Å². The number of Topliss-reactive ketones (excluding diaryl/α,β-unsaturated/α-hetero) is 1. The molecule has 184 valence electrons. The molecule has 2 fully saturated rings. The molecule has 4 rings (SSSR count). The summed E-state index contributed by atoms with van der Waals surface area (Å²) < 4.78 is 10.9. The predicted molar refractivity (Wildman–Crippen MR) is 127 cm³/mol. The summed E-state index contributed by atoms with van der Waals surface area (Å²) in [4.78, 5) is 40.5. The van der Waals surface area contributed by atoms with Crippen LogP contribution in [-0.2, 0) is 14.3 Å². The molecule has 35 heavy (non-hydrogen) atoms. The number of hydrogen-bond donors (Lipinski definition) is 1. The Balaban J connectivity index is 1.74. The average Bonchev–Trinajstić information content (AvgIpc) is 3.13. The molecule has 1 N–H and O–H groups in total. The van der Waals surface area contributed by atoms with Crippen molar-refractivity contribution in [1.82, 2.24) is 9.80 Å². The summed E-state index contributed by atoms with van der Waals surface area (Å²) in [6.07, 6.45) is 0. The van der Waals surface area contributed by atoms with Gasteiger partial charge < -0.3 is 19.5 Å². The number of rotatable bonds is 8. The number of hydrogen-bond acceptors (Lipinski definition) is 8. The van der Waals surface area contributed by atoms with Gasteiger partial charge in [0.05, 0.1) is 36.4 Å². The highest BCUT2D eigenvalue weighted by atomic mass is 16.6. The van der Waals surface area contributed by atoms with Gasteiger partial charge in [-0.15, -0.1) is 0 Å². The molecule has 10 nitrogen and oxygen atoms in total. The lowest BCUT2D eigenvalue weighted by Gasteiger charge is -2.31. The van der Waals surface area contributed by atoms with Gasteiger partial charge in [0.15, 0.2) is 0 Å². The maximum absolute atomic E-state index is 13.2. The second-order valence-electron chi connectivity index (χ2n) is 8.26. The van der Waals surface area contributed by atoms with Crippen molar-refractivity contribution in [3.05, 3.63) is 75.3 Å². The number of carbonyl (C=O) groups excluding carboxylic acids is 2. The van der Waals surface area contributed by atoms with E-state index in [0.29, 0.717) is 43.2 Å². The molecule has 2 aliphatic rings. The monoisotopic (exact) mass is 481 g/mol. The van der Waals surface area contributed by atoms with Crippen LogP contribution in [0.3, 0.4) is 0 Å². The number of aliphatic hydroxyl groups excluding tert-OH is 1. The smallest absolute Gasteiger partial charge is 0.295 e. The molecular formula is C25H27N3O7. The average molecular weight is 482 g/mol. The molecule has 2 heterocycles. The number of nitrogens with zero attached hydrogens (tertiary/aromatic N) is 3. The standard InChI is InChI=1S/C25H27N3O7/c1-2-35-20-5-3-4-18(16-20)23(29)21-22(17-6-8-19(9-7-17)28(32)33)27(25(31)24(21)30)11-10-26-12-14-34-15-13-26/h3-9,16,22,29H,2,10-15H2,1H3. The number of nitro benzene ring substituents is 1. The third kappa shape index (κ3) is 5.18. The lowest BCUT2D eigenvalue weighted by molar-refractivity contribution is -0.384. The van der Waals surface area contributed by atoms with Gasteiger partial charge in [0, 0.05) is 43.9 Å². The number of nitro groups is 1. The van der Waals surface area contributed by atoms with Crippen LogP contribution in [0.15, 0.2) is 54.1 Å². The minimum absolute atomic E-state index is 0.0560. The molecule has 2 aromatic rings. The molecule has 1 atom stereocenters. The fourth-order valence-corrected chi connectivity index (χ4v) is 4.36. The Hall–Kier alpha value is -3.76. The van der Waals surface area contributed by atoms with Crippen LogP contribution in [0.2, 0.25) is 0 Å². The highest BCUT2D eigenvalue weighted by molar-refractivity contribution is 6.46. The minimum atomic E-state index is -0.882. The zero-order valence-corrected chi connectivity index (χ0v) is 19.4. The number of likely N-dealkylation sites (tertiary alicyclic amines) is 1. The van der Waals surface area contributed by atoms with Crippen molar-refractivity contribution in [1.29, 1.82) is 0 Å². The molecule has 1 amide bonds. The molecule has 2 aliphatic heterocycles. The van der Waals surface area contributed by atoms with Gasteiger partial charge in [0.25, 0.3) is 17.4 Å². The first-order valence-electron chi connectivity index (χ1n) is 11.5. The third-order valence-electron chi connectivity index (χ3n) is 6.14. The number of aliphatic hydroxyl groups is 1. The number of morpholine rings is 1. The van der Waals surface area contributed by atoms with E-state index < -0.39 is 22.7 Å². The number of non-ortho nitro benzene ring substituents is 1. The summed E-state index contributed by atoms with van der Waals surface area (Å²) in [5.41, 5.74) is 0.677. The van der Waals surface area contributed by atoms with Crippen LogP contribution in [0, 0.1) is 10.1 Å². The fourth-order valence-electron chi connectivity index (χ4n) is 4.36. The summed E-state index contributed by atoms with van der Waals surface area (Å²) in [5, 5.41) is 22.3. The van der Waals surface area contributed by atoms with E-state index in [1.54, 1.807) is 24.3 Å². The quantitative estimate of drug-likeness (QED) is 0.201. The van der Waals surface area contributed by atoms with Gasteiger partial charge in [-0.25, -0.2) is 0 Å². The van der Waals surface area contributed by atoms with Crippen molar-refractivity contribution in [2.24, 2.45) is 0 Å². The highest BCUT2D eigenvalue weighted by Gasteiger charge is 2.46. The Kier molecular flexibility index (Phi) is 7.42. The van der Waals surface area contributed by atoms with E-state index in [-0.39, 0.29) is 23.6 Å². The lowest BCUT2D eigenvalue weighted by atomic mass is 9.95. The van der Waals surface area contributed by atoms with Crippen LogP contribution in [-0.4, -0.2) is 77.5 Å². The van der Waals surface area contributed by atoms with Crippen molar-refractivity contribution in [2.75, 3.05) is 46.0 Å². The number of carbonyl (C=O) groups is 2. The normalized spacial score (nSPS) is 20.3. The zero-order chi connectivity index (χ0) is 24.9. The van der Waals surface area contributed by atoms with Gasteiger partial charge in [-0.1, -0.05) is 12.1 Å². The lowest BCUT2D eigenvalue weighted by Crippen LogP contribution is -2.42. The summed E-state index contributed by atoms with van der Waals surface area (Å²) in [7, 11) is 0. The van der Waals surface area contributed by atoms with E-state index in [4.69, 9.17) is 9.47 Å². The number of ether oxygens (including phenoxy) is 2. The van der Waals surface area contributed by atoms with Gasteiger partial charge in [-0.2, -0.15) is 0 Å². The molecule has 0 spiro atoms. The third-order valence-corrected chi connectivity index (χ3v) is 6.14. The van der Waals surface area contributed by atoms with Crippen molar-refractivity contribution in [3.8, 4) is 5.75 Å². The zero-order valence-electron chi connectivity index (χ0n) is 19.4. The van der Waals surface area contributed by atoms with Crippen molar-refractivity contribution < 1.29 is 29.1 Å². The molecule has 0 bridgehead atoms. The number of ketones is 1. The molecule has 0 aliphatic carbocycles. The SMILES string of the molecule is CCOc1cccc(C(O)=C2C(=O)C(=O)N(CCN3CCOCC3)C2c2ccc([N+](=O)[O-])cc2)c1. The maximum atomic E-state index is 13.2. The van der Waals surface area contributed by atoms with Crippen LogP contribution < -0.4 is 4.74 Å². The van der Waals surface area contributed by atoms with Crippen LogP contribution in [0.5, 0.6) is 5.75 Å². The van der Waals surface area contributed by atoms with Crippen molar-refractivity contribution >= 4 is 23.1 Å². The molecule has 10 heteroatoms. The van der Waals surface area contributed by atoms with Crippen LogP contribution in [0.25, 0.3) is 5.76 Å². The van der Waals surface area contributed by atoms with E-state index in [9.17, 15) is 24.8 Å². The fraction of sp³-hybridized carbons (Fsp3) is 0.360. The van der Waals surface area contributed by atoms with E-state index in [1.807, 2.05) is 6.92 Å². The Morgan fingerprint density at radius 3 is 2.51 bits per heavy atom. The maximum Gasteiger partial charge on any atom is 0.295 e. The first-order chi connectivity index (χ1) is 16.9. The van der Waals surface area contributed by atoms with E-state index in [2.05, 4.69) is 4.90 Å². The van der Waals surface area contributed by atoms with Gasteiger partial charge >= 0.3 is 0 Å². The van der Waals surface area contributed by atoms with Crippen molar-refractivity contribution in [2.45, 2.75) is 13.0 Å². The Labute approximate surface area is 202 Å². The number of amides is 1. The Morgan fingerprint density at radius 2 is 1.86 bits per heavy atom. The van der Waals surface area contributed by atoms with Crippen molar-refractivity contribution in [3.63, 3.8) is 0 Å². The summed E-state index contributed by atoms with van der Waals surface area (Å²) >= 11 is 0. The molecule has 0 saturated carbocycles. The van der Waals surface area contributed by atoms with Crippen LogP contribution >= 0.6 is 0 Å². The second kappa shape index (κ2) is 10.7. The summed E-state index contributed by atoms with van der Waals surface area (Å²) in [6, 6.07) is 11.5. The van der Waals surface area contributed by atoms with E-state index in [1.165, 1.54) is 29.2 Å². The summed E-state index contributed by atoms with van der Waals surface area (Å²) in [6.45, 7) is 5.68. The molecule has 1 unspecified atom stereocenters. The second-order valence-corrected chi connectivity index (χ2v) is 8.26. The minimum Gasteiger partial charge on any atom is -0.507 e. The predicted octanol–water partition coefficient (Wildman–Crippen LogP) is 2.75. The van der Waals surface area contributed by atoms with Crippen LogP contribution in [0.1, 0.15) is 24.1 Å². The molecule has 2 saturated heterocycles.